The van der Waals surface area contributed by atoms with Gasteiger partial charge in [-0.1, -0.05) is 29.8 Å². The van der Waals surface area contributed by atoms with Crippen LogP contribution in [0.15, 0.2) is 67.0 Å². The lowest BCUT2D eigenvalue weighted by atomic mass is 9.99. The molecule has 0 aliphatic carbocycles. The Labute approximate surface area is 190 Å². The molecule has 0 bridgehead atoms. The van der Waals surface area contributed by atoms with Crippen LogP contribution in [-0.4, -0.2) is 46.5 Å². The molecule has 0 aliphatic heterocycles. The smallest absolute Gasteiger partial charge is 0.290 e. The Morgan fingerprint density at radius 2 is 1.88 bits per heavy atom. The molecule has 32 heavy (non-hydrogen) atoms. The van der Waals surface area contributed by atoms with E-state index < -0.39 is 0 Å². The highest BCUT2D eigenvalue weighted by Gasteiger charge is 2.14. The predicted octanol–water partition coefficient (Wildman–Crippen LogP) is 4.86. The summed E-state index contributed by atoms with van der Waals surface area (Å²) in [6.45, 7) is 0.178. The van der Waals surface area contributed by atoms with Crippen molar-refractivity contribution in [2.24, 2.45) is 0 Å². The van der Waals surface area contributed by atoms with Crippen molar-refractivity contribution in [3.05, 3.63) is 83.4 Å². The van der Waals surface area contributed by atoms with Crippen LogP contribution >= 0.6 is 11.6 Å². The van der Waals surface area contributed by atoms with Gasteiger partial charge in [0.2, 0.25) is 0 Å². The fourth-order valence-electron chi connectivity index (χ4n) is 3.30. The number of carboxylic acid groups (broad SMARTS) is 1. The van der Waals surface area contributed by atoms with Crippen molar-refractivity contribution >= 4 is 34.8 Å². The van der Waals surface area contributed by atoms with Gasteiger partial charge in [0.15, 0.2) is 0 Å². The first-order chi connectivity index (χ1) is 15.5. The number of halogens is 1. The van der Waals surface area contributed by atoms with Gasteiger partial charge in [-0.25, -0.2) is 4.98 Å². The highest BCUT2D eigenvalue weighted by atomic mass is 35.5. The number of hydrogen-bond acceptors (Lipinski definition) is 4. The Kier molecular flexibility index (Phi) is 7.46. The highest BCUT2D eigenvalue weighted by Crippen LogP contribution is 2.33. The molecule has 2 N–H and O–H groups in total. The molecular formula is C24H22ClN3O4. The number of carbonyl (C=O) groups is 2. The molecule has 0 aliphatic rings. The standard InChI is InChI=1S/C23H20ClN3O2.CH2O2/c1-27(14-22-25-9-10-26-22)23(28)18-6-4-15-11-17(5-3-16(15)12-18)20-13-19(29-2)7-8-21(20)24;2-1-3/h3-13H,14H2,1-2H3,(H,25,26);1H,(H,2,3). The average molecular weight is 452 g/mol. The number of rotatable bonds is 5. The molecule has 1 aromatic heterocycles. The quantitative estimate of drug-likeness (QED) is 0.422. The highest BCUT2D eigenvalue weighted by molar-refractivity contribution is 6.33. The van der Waals surface area contributed by atoms with Crippen molar-refractivity contribution in [2.45, 2.75) is 6.54 Å². The third-order valence-corrected chi connectivity index (χ3v) is 5.19. The van der Waals surface area contributed by atoms with Crippen LogP contribution in [0.2, 0.25) is 5.02 Å². The first-order valence-electron chi connectivity index (χ1n) is 9.66. The van der Waals surface area contributed by atoms with Crippen LogP contribution < -0.4 is 4.74 Å². The van der Waals surface area contributed by atoms with Gasteiger partial charge in [-0.05, 0) is 52.7 Å². The average Bonchev–Trinajstić information content (AvgIpc) is 3.32. The number of benzene rings is 3. The van der Waals surface area contributed by atoms with E-state index in [1.54, 1.807) is 31.5 Å². The van der Waals surface area contributed by atoms with Crippen LogP contribution in [-0.2, 0) is 11.3 Å². The number of hydrogen-bond donors (Lipinski definition) is 2. The van der Waals surface area contributed by atoms with E-state index in [0.29, 0.717) is 17.1 Å². The molecule has 0 saturated carbocycles. The summed E-state index contributed by atoms with van der Waals surface area (Å²) in [6, 6.07) is 17.4. The van der Waals surface area contributed by atoms with E-state index in [-0.39, 0.29) is 12.4 Å². The van der Waals surface area contributed by atoms with Crippen molar-refractivity contribution in [2.75, 3.05) is 14.2 Å². The maximum atomic E-state index is 12.8. The van der Waals surface area contributed by atoms with Gasteiger partial charge in [-0.3, -0.25) is 9.59 Å². The Balaban J connectivity index is 0.000000913. The normalized spacial score (nSPS) is 10.2. The van der Waals surface area contributed by atoms with Gasteiger partial charge >= 0.3 is 0 Å². The summed E-state index contributed by atoms with van der Waals surface area (Å²) < 4.78 is 5.31. The zero-order valence-electron chi connectivity index (χ0n) is 17.6. The predicted molar refractivity (Wildman–Crippen MR) is 124 cm³/mol. The fraction of sp³-hybridized carbons (Fsp3) is 0.125. The van der Waals surface area contributed by atoms with E-state index in [2.05, 4.69) is 16.0 Å². The summed E-state index contributed by atoms with van der Waals surface area (Å²) in [4.78, 5) is 30.0. The SMILES string of the molecule is COc1ccc(Cl)c(-c2ccc3cc(C(=O)N(C)Cc4ncc[nH]4)ccc3c2)c1.O=CO. The zero-order valence-corrected chi connectivity index (χ0v) is 18.3. The minimum absolute atomic E-state index is 0.0526. The van der Waals surface area contributed by atoms with Gasteiger partial charge in [-0.15, -0.1) is 0 Å². The lowest BCUT2D eigenvalue weighted by Crippen LogP contribution is -2.26. The third-order valence-electron chi connectivity index (χ3n) is 4.86. The molecule has 0 radical (unpaired) electrons. The maximum absolute atomic E-state index is 12.8. The topological polar surface area (TPSA) is 95.5 Å². The molecule has 0 unspecified atom stereocenters. The second-order valence-electron chi connectivity index (χ2n) is 6.92. The fourth-order valence-corrected chi connectivity index (χ4v) is 3.53. The monoisotopic (exact) mass is 451 g/mol. The Hall–Kier alpha value is -3.84. The molecule has 3 aromatic carbocycles. The number of carbonyl (C=O) groups excluding carboxylic acids is 1. The Morgan fingerprint density at radius 1 is 1.16 bits per heavy atom. The summed E-state index contributed by atoms with van der Waals surface area (Å²) in [5, 5.41) is 9.58. The minimum Gasteiger partial charge on any atom is -0.497 e. The summed E-state index contributed by atoms with van der Waals surface area (Å²) in [6.07, 6.45) is 3.42. The van der Waals surface area contributed by atoms with Crippen LogP contribution in [0.3, 0.4) is 0 Å². The number of nitrogens with zero attached hydrogens (tertiary/aromatic N) is 2. The number of methoxy groups -OCH3 is 1. The van der Waals surface area contributed by atoms with Crippen LogP contribution in [0.4, 0.5) is 0 Å². The van der Waals surface area contributed by atoms with Gasteiger partial charge in [0.1, 0.15) is 11.6 Å². The first-order valence-corrected chi connectivity index (χ1v) is 10.0. The van der Waals surface area contributed by atoms with Gasteiger partial charge in [0.25, 0.3) is 12.4 Å². The van der Waals surface area contributed by atoms with Gasteiger partial charge in [-0.2, -0.15) is 0 Å². The van der Waals surface area contributed by atoms with Crippen molar-refractivity contribution in [1.82, 2.24) is 14.9 Å². The molecule has 0 spiro atoms. The maximum Gasteiger partial charge on any atom is 0.290 e. The van der Waals surface area contributed by atoms with Gasteiger partial charge in [0, 0.05) is 35.6 Å². The number of imidazole rings is 1. The van der Waals surface area contributed by atoms with Crippen LogP contribution in [0.25, 0.3) is 21.9 Å². The second kappa shape index (κ2) is 10.5. The van der Waals surface area contributed by atoms with Crippen LogP contribution in [0.5, 0.6) is 5.75 Å². The third kappa shape index (κ3) is 5.25. The van der Waals surface area contributed by atoms with E-state index in [9.17, 15) is 4.79 Å². The molecule has 4 rings (SSSR count). The molecule has 4 aromatic rings. The Morgan fingerprint density at radius 3 is 2.56 bits per heavy atom. The zero-order chi connectivity index (χ0) is 23.1. The van der Waals surface area contributed by atoms with E-state index in [1.165, 1.54) is 0 Å². The number of amides is 1. The molecular weight excluding hydrogens is 430 g/mol. The minimum atomic E-state index is -0.250. The number of fused-ring (bicyclic) bond motifs is 1. The largest absolute Gasteiger partial charge is 0.497 e. The van der Waals surface area contributed by atoms with E-state index >= 15 is 0 Å². The van der Waals surface area contributed by atoms with Crippen molar-refractivity contribution in [3.63, 3.8) is 0 Å². The summed E-state index contributed by atoms with van der Waals surface area (Å²) in [7, 11) is 3.40. The van der Waals surface area contributed by atoms with Crippen LogP contribution in [0.1, 0.15) is 16.2 Å². The lowest BCUT2D eigenvalue weighted by Gasteiger charge is -2.16. The second-order valence-corrected chi connectivity index (χ2v) is 7.33. The molecule has 0 fully saturated rings. The van der Waals surface area contributed by atoms with Gasteiger partial charge < -0.3 is 19.7 Å². The lowest BCUT2D eigenvalue weighted by molar-refractivity contribution is -0.122. The van der Waals surface area contributed by atoms with Gasteiger partial charge in [0.05, 0.1) is 13.7 Å². The summed E-state index contributed by atoms with van der Waals surface area (Å²) >= 11 is 6.39. The molecule has 164 valence electrons. The van der Waals surface area contributed by atoms with E-state index in [4.69, 9.17) is 26.2 Å². The van der Waals surface area contributed by atoms with Crippen molar-refractivity contribution in [3.8, 4) is 16.9 Å². The summed E-state index contributed by atoms with van der Waals surface area (Å²) in [5.74, 6) is 1.45. The van der Waals surface area contributed by atoms with Crippen LogP contribution in [0, 0.1) is 0 Å². The number of nitrogens with one attached hydrogen (secondary N) is 1. The molecule has 0 saturated heterocycles. The van der Waals surface area contributed by atoms with E-state index in [1.807, 2.05) is 48.5 Å². The molecule has 1 heterocycles. The molecule has 7 nitrogen and oxygen atoms in total. The number of H-pyrrole nitrogens is 1. The molecule has 1 amide bonds. The number of aromatic nitrogens is 2. The summed E-state index contributed by atoms with van der Waals surface area (Å²) in [5.41, 5.74) is 2.54. The first kappa shape index (κ1) is 22.8. The molecule has 8 heteroatoms. The number of aromatic amines is 1. The Bertz CT molecular complexity index is 1230. The number of ether oxygens (including phenoxy) is 1. The van der Waals surface area contributed by atoms with Crippen molar-refractivity contribution in [1.29, 1.82) is 0 Å². The van der Waals surface area contributed by atoms with Crippen molar-refractivity contribution < 1.29 is 19.4 Å². The molecule has 0 atom stereocenters. The van der Waals surface area contributed by atoms with E-state index in [0.717, 1.165) is 33.5 Å².